The van der Waals surface area contributed by atoms with E-state index in [-0.39, 0.29) is 27.9 Å². The number of allylic oxidation sites excluding steroid dienone is 3. The second kappa shape index (κ2) is 11.4. The first kappa shape index (κ1) is 29.1. The number of para-hydroxylation sites is 1. The topological polar surface area (TPSA) is 59.5 Å². The number of hydrogen-bond acceptors (Lipinski definition) is 4. The Morgan fingerprint density at radius 1 is 0.884 bits per heavy atom. The van der Waals surface area contributed by atoms with Gasteiger partial charge in [0, 0.05) is 70.3 Å². The van der Waals surface area contributed by atoms with Gasteiger partial charge in [0.1, 0.15) is 18.4 Å². The van der Waals surface area contributed by atoms with E-state index in [2.05, 4.69) is 13.2 Å². The van der Waals surface area contributed by atoms with E-state index in [0.29, 0.717) is 16.7 Å². The predicted molar refractivity (Wildman–Crippen MR) is 157 cm³/mol. The van der Waals surface area contributed by atoms with E-state index in [1.165, 1.54) is 12.1 Å². The van der Waals surface area contributed by atoms with Crippen LogP contribution in [0.4, 0.5) is 28.9 Å². The number of anilines is 2. The van der Waals surface area contributed by atoms with Crippen LogP contribution in [0.5, 0.6) is 0 Å². The molecule has 0 amide bonds. The fourth-order valence-electron chi connectivity index (χ4n) is 5.00. The van der Waals surface area contributed by atoms with Gasteiger partial charge in [-0.25, -0.2) is 17.6 Å². The largest absolute Gasteiger partial charge is 0.545 e. The molecule has 1 aliphatic heterocycles. The summed E-state index contributed by atoms with van der Waals surface area (Å²) in [5.41, 5.74) is -0.234. The number of carbonyl (C=O) groups is 1. The Balaban J connectivity index is 1.93. The fraction of sp³-hybridized carbons (Fsp3) is 0.0588. The number of fused-ring (bicyclic) bond motifs is 2. The number of carboxylic acids is 1. The molecule has 0 saturated heterocycles. The molecule has 0 saturated carbocycles. The molecule has 2 aliphatic rings. The maximum absolute atomic E-state index is 15.5. The summed E-state index contributed by atoms with van der Waals surface area (Å²) >= 11 is 0. The average molecular weight is 585 g/mol. The van der Waals surface area contributed by atoms with Crippen molar-refractivity contribution in [3.63, 3.8) is 0 Å². The van der Waals surface area contributed by atoms with Gasteiger partial charge in [-0.1, -0.05) is 37.4 Å². The maximum Gasteiger partial charge on any atom is 0.209 e. The van der Waals surface area contributed by atoms with E-state index in [0.717, 1.165) is 5.69 Å². The Hall–Kier alpha value is -5.44. The molecule has 5 rings (SSSR count). The second-order valence-electron chi connectivity index (χ2n) is 9.62. The van der Waals surface area contributed by atoms with Crippen molar-refractivity contribution in [3.05, 3.63) is 138 Å². The molecule has 0 spiro atoms. The van der Waals surface area contributed by atoms with Crippen LogP contribution in [0.2, 0.25) is 0 Å². The minimum absolute atomic E-state index is 0.119. The minimum atomic E-state index is -2.25. The first-order chi connectivity index (χ1) is 20.6. The fourth-order valence-corrected chi connectivity index (χ4v) is 5.00. The highest BCUT2D eigenvalue weighted by atomic mass is 19.2. The van der Waals surface area contributed by atoms with E-state index in [4.69, 9.17) is 4.42 Å². The lowest BCUT2D eigenvalue weighted by atomic mass is 9.89. The predicted octanol–water partition coefficient (Wildman–Crippen LogP) is 6.55. The molecule has 43 heavy (non-hydrogen) atoms. The summed E-state index contributed by atoms with van der Waals surface area (Å²) in [7, 11) is 3.57. The molecule has 0 aromatic heterocycles. The van der Waals surface area contributed by atoms with Crippen LogP contribution in [0.25, 0.3) is 33.4 Å². The van der Waals surface area contributed by atoms with Crippen molar-refractivity contribution in [2.45, 2.75) is 0 Å². The molecule has 1 aliphatic carbocycles. The van der Waals surface area contributed by atoms with Gasteiger partial charge in [-0.05, 0) is 30.3 Å². The Bertz CT molecular complexity index is 2010. The summed E-state index contributed by atoms with van der Waals surface area (Å²) < 4.78 is 67.3. The molecule has 216 valence electrons. The van der Waals surface area contributed by atoms with Crippen molar-refractivity contribution in [2.75, 3.05) is 19.0 Å². The van der Waals surface area contributed by atoms with Gasteiger partial charge in [0.05, 0.1) is 12.0 Å². The van der Waals surface area contributed by atoms with Gasteiger partial charge in [0.15, 0.2) is 23.3 Å². The van der Waals surface area contributed by atoms with E-state index in [9.17, 15) is 23.1 Å². The summed E-state index contributed by atoms with van der Waals surface area (Å²) in [5, 5.41) is 12.8. The van der Waals surface area contributed by atoms with Crippen molar-refractivity contribution < 1.29 is 31.9 Å². The molecular weight excluding hydrogens is 560 g/mol. The molecular formula is C34H24F4N2O3. The summed E-state index contributed by atoms with van der Waals surface area (Å²) in [6, 6.07) is 18.9. The minimum Gasteiger partial charge on any atom is -0.545 e. The maximum atomic E-state index is 15.5. The molecule has 0 N–H and O–H groups in total. The number of benzene rings is 4. The number of nitrogens with zero attached hydrogens (tertiary/aromatic N) is 2. The lowest BCUT2D eigenvalue weighted by molar-refractivity contribution is -0.255. The lowest BCUT2D eigenvalue weighted by Gasteiger charge is -2.22. The monoisotopic (exact) mass is 584 g/mol. The summed E-state index contributed by atoms with van der Waals surface area (Å²) in [6.07, 6.45) is 4.90. The van der Waals surface area contributed by atoms with Crippen molar-refractivity contribution in [1.82, 2.24) is 4.58 Å². The number of aromatic carboxylic acids is 1. The van der Waals surface area contributed by atoms with Crippen LogP contribution in [0.1, 0.15) is 10.4 Å². The second-order valence-corrected chi connectivity index (χ2v) is 9.62. The molecule has 3 aromatic rings. The number of hydrogen-bond donors (Lipinski definition) is 0. The van der Waals surface area contributed by atoms with Gasteiger partial charge in [-0.15, -0.1) is 0 Å². The summed E-state index contributed by atoms with van der Waals surface area (Å²) in [4.78, 5) is 13.9. The molecule has 3 aromatic carbocycles. The highest BCUT2D eigenvalue weighted by Crippen LogP contribution is 2.44. The van der Waals surface area contributed by atoms with Crippen molar-refractivity contribution in [1.29, 1.82) is 0 Å². The first-order valence-corrected chi connectivity index (χ1v) is 13.0. The van der Waals surface area contributed by atoms with Crippen LogP contribution >= 0.6 is 0 Å². The molecule has 9 heteroatoms. The Labute approximate surface area is 244 Å². The smallest absolute Gasteiger partial charge is 0.209 e. The number of halogens is 4. The van der Waals surface area contributed by atoms with Gasteiger partial charge >= 0.3 is 0 Å². The quantitative estimate of drug-likeness (QED) is 0.0544. The molecule has 1 heterocycles. The third-order valence-electron chi connectivity index (χ3n) is 7.21. The number of carboxylic acid groups (broad SMARTS) is 1. The van der Waals surface area contributed by atoms with Crippen LogP contribution in [0, 0.1) is 23.3 Å². The van der Waals surface area contributed by atoms with E-state index in [1.807, 2.05) is 42.3 Å². The zero-order chi connectivity index (χ0) is 31.0. The number of carbonyl (C=O) groups excluding carboxylic acids is 1. The van der Waals surface area contributed by atoms with Gasteiger partial charge < -0.3 is 19.2 Å². The molecule has 0 fully saturated rings. The normalized spacial score (nSPS) is 12.4. The first-order valence-electron chi connectivity index (χ1n) is 13.0. The molecule has 0 bridgehead atoms. The molecule has 0 unspecified atom stereocenters. The van der Waals surface area contributed by atoms with Crippen LogP contribution in [-0.4, -0.2) is 20.1 Å². The van der Waals surface area contributed by atoms with Gasteiger partial charge in [0.25, 0.3) is 0 Å². The Morgan fingerprint density at radius 3 is 2.23 bits per heavy atom. The van der Waals surface area contributed by atoms with E-state index in [1.54, 1.807) is 54.1 Å². The van der Waals surface area contributed by atoms with Crippen LogP contribution in [0.3, 0.4) is 0 Å². The van der Waals surface area contributed by atoms with Crippen molar-refractivity contribution >= 4 is 28.3 Å². The lowest BCUT2D eigenvalue weighted by Crippen LogP contribution is -2.26. The standard InChI is InChI=1S/C34H24F4N2O3/c1-5-10-19(6-2)39(3)21-13-15-23-25(17-21)43-26-18-22(40(4)20-11-8-7-9-12-20)14-16-24(26)27(23)28-29(34(41)42)31(36)33(38)32(37)30(28)35/h5-18H,1-2H2,3-4H3/b19-10+. The zero-order valence-electron chi connectivity index (χ0n) is 23.1. The Kier molecular flexibility index (Phi) is 7.74. The van der Waals surface area contributed by atoms with Crippen LogP contribution in [-0.2, 0) is 0 Å². The average Bonchev–Trinajstić information content (AvgIpc) is 3.02. The number of rotatable bonds is 7. The third-order valence-corrected chi connectivity index (χ3v) is 7.21. The molecule has 0 radical (unpaired) electrons. The SMILES string of the molecule is C=C/C=C(\C=C)[N+](C)=c1ccc2c(-c3c(F)c(F)c(F)c(F)c3C(=O)[O-])c3ccc(N(C)c4ccccc4)cc3oc-2c1. The highest BCUT2D eigenvalue weighted by Gasteiger charge is 2.31. The number of likely N-dealkylation sites (N-methyl/N-ethyl adjacent to an activating group) is 1. The van der Waals surface area contributed by atoms with Gasteiger partial charge in [0.2, 0.25) is 11.1 Å². The zero-order valence-corrected chi connectivity index (χ0v) is 23.1. The van der Waals surface area contributed by atoms with Gasteiger partial charge in [-0.3, -0.25) is 0 Å². The molecule has 5 nitrogen and oxygen atoms in total. The van der Waals surface area contributed by atoms with Crippen LogP contribution in [0.15, 0.2) is 108 Å². The van der Waals surface area contributed by atoms with Crippen LogP contribution < -0.4 is 19.9 Å². The third kappa shape index (κ3) is 4.99. The van der Waals surface area contributed by atoms with Crippen molar-refractivity contribution in [3.8, 4) is 22.5 Å². The summed E-state index contributed by atoms with van der Waals surface area (Å²) in [5.74, 6) is -10.4. The van der Waals surface area contributed by atoms with E-state index < -0.39 is 40.4 Å². The molecule has 0 atom stereocenters. The van der Waals surface area contributed by atoms with Crippen molar-refractivity contribution in [2.24, 2.45) is 0 Å². The van der Waals surface area contributed by atoms with Gasteiger partial charge in [-0.2, -0.15) is 4.58 Å². The highest BCUT2D eigenvalue weighted by molar-refractivity contribution is 6.08. The van der Waals surface area contributed by atoms with E-state index >= 15 is 4.39 Å². The summed E-state index contributed by atoms with van der Waals surface area (Å²) in [6.45, 7) is 7.50. The Morgan fingerprint density at radius 2 is 1.58 bits per heavy atom.